The molecule has 1 aliphatic rings. The fourth-order valence-electron chi connectivity index (χ4n) is 7.34. The molecule has 1 heterocycles. The van der Waals surface area contributed by atoms with Crippen LogP contribution in [0.25, 0.3) is 11.1 Å². The van der Waals surface area contributed by atoms with Crippen molar-refractivity contribution in [3.05, 3.63) is 47.5 Å². The highest BCUT2D eigenvalue weighted by Gasteiger charge is 2.34. The topological polar surface area (TPSA) is 255 Å². The molecule has 0 fully saturated rings. The van der Waals surface area contributed by atoms with Crippen LogP contribution in [-0.4, -0.2) is 117 Å². The summed E-state index contributed by atoms with van der Waals surface area (Å²) in [5, 5.41) is 51.2. The Kier molecular flexibility index (Phi) is 20.6. The minimum Gasteiger partial charge on any atom is -0.507 e. The number of nitrogens with zero attached hydrogens (tertiary/aromatic N) is 2. The van der Waals surface area contributed by atoms with E-state index in [0.717, 1.165) is 29.1 Å². The Bertz CT molecular complexity index is 1870. The minimum absolute atomic E-state index is 0.00533. The summed E-state index contributed by atoms with van der Waals surface area (Å²) in [5.74, 6) is -6.48. The molecule has 0 spiro atoms. The first-order valence-electron chi connectivity index (χ1n) is 21.7. The zero-order valence-electron chi connectivity index (χ0n) is 36.7. The maximum atomic E-state index is 13.8. The van der Waals surface area contributed by atoms with Gasteiger partial charge in [0.1, 0.15) is 35.7 Å². The second-order valence-corrected chi connectivity index (χ2v) is 16.1. The van der Waals surface area contributed by atoms with E-state index in [2.05, 4.69) is 28.2 Å². The molecule has 1 aliphatic heterocycles. The normalized spacial score (nSPS) is 17.2. The zero-order chi connectivity index (χ0) is 45.9. The highest BCUT2D eigenvalue weighted by molar-refractivity contribution is 5.96. The first-order chi connectivity index (χ1) is 29.5. The average Bonchev–Trinajstić information content (AvgIpc) is 3.24. The number of amides is 6. The molecule has 0 unspecified atom stereocenters. The summed E-state index contributed by atoms with van der Waals surface area (Å²) >= 11 is 0. The quantitative estimate of drug-likeness (QED) is 0.0743. The van der Waals surface area contributed by atoms with Crippen LogP contribution >= 0.6 is 0 Å². The molecule has 0 radical (unpaired) electrons. The number of phenols is 2. The second-order valence-electron chi connectivity index (χ2n) is 16.1. The maximum Gasteiger partial charge on any atom is 0.330 e. The van der Waals surface area contributed by atoms with E-state index in [-0.39, 0.29) is 46.1 Å². The molecule has 3 rings (SSSR count). The molecule has 0 saturated carbocycles. The van der Waals surface area contributed by atoms with Crippen molar-refractivity contribution >= 4 is 41.4 Å². The molecular weight excluding hydrogens is 801 g/mol. The van der Waals surface area contributed by atoms with E-state index < -0.39 is 78.9 Å². The third-order valence-electron chi connectivity index (χ3n) is 11.3. The maximum absolute atomic E-state index is 13.8. The molecule has 0 aliphatic carbocycles. The molecule has 8 N–H and O–H groups in total. The monoisotopic (exact) mass is 866 g/mol. The number of phenolic OH excluding ortho intramolecular Hbond substituents is 2. The number of aliphatic carboxylic acids is 1. The lowest BCUT2D eigenvalue weighted by Gasteiger charge is -2.30. The zero-order valence-corrected chi connectivity index (χ0v) is 36.7. The number of fused-ring (bicyclic) bond motifs is 5. The van der Waals surface area contributed by atoms with Gasteiger partial charge in [-0.15, -0.1) is 0 Å². The number of carboxylic acid groups (broad SMARTS) is 1. The smallest absolute Gasteiger partial charge is 0.330 e. The molecular formula is C45H66N6O11. The second kappa shape index (κ2) is 25.3. The lowest BCUT2D eigenvalue weighted by molar-refractivity contribution is -0.143. The Labute approximate surface area is 364 Å². The van der Waals surface area contributed by atoms with E-state index in [1.54, 1.807) is 0 Å². The van der Waals surface area contributed by atoms with Gasteiger partial charge in [0.15, 0.2) is 6.04 Å². The number of carbonyl (C=O) groups excluding carboxylic acids is 6. The van der Waals surface area contributed by atoms with Crippen LogP contribution in [0.2, 0.25) is 0 Å². The van der Waals surface area contributed by atoms with Crippen molar-refractivity contribution in [3.63, 3.8) is 0 Å². The number of benzene rings is 2. The third kappa shape index (κ3) is 14.7. The van der Waals surface area contributed by atoms with E-state index in [4.69, 9.17) is 0 Å². The van der Waals surface area contributed by atoms with Crippen molar-refractivity contribution in [2.75, 3.05) is 27.2 Å². The van der Waals surface area contributed by atoms with Crippen molar-refractivity contribution in [1.82, 2.24) is 31.1 Å². The van der Waals surface area contributed by atoms with Gasteiger partial charge in [0.25, 0.3) is 0 Å². The third-order valence-corrected chi connectivity index (χ3v) is 11.3. The van der Waals surface area contributed by atoms with Gasteiger partial charge in [-0.2, -0.15) is 0 Å². The van der Waals surface area contributed by atoms with E-state index in [1.165, 1.54) is 122 Å². The largest absolute Gasteiger partial charge is 0.507 e. The number of likely N-dealkylation sites (N-methyl/N-ethyl adjacent to an activating group) is 2. The van der Waals surface area contributed by atoms with Gasteiger partial charge in [0.2, 0.25) is 35.4 Å². The van der Waals surface area contributed by atoms with Crippen LogP contribution in [0, 0.1) is 0 Å². The summed E-state index contributed by atoms with van der Waals surface area (Å²) < 4.78 is 0. The van der Waals surface area contributed by atoms with E-state index >= 15 is 0 Å². The number of carbonyl (C=O) groups is 7. The number of unbranched alkanes of at least 4 members (excludes halogenated alkanes) is 12. The van der Waals surface area contributed by atoms with Gasteiger partial charge < -0.3 is 51.5 Å². The van der Waals surface area contributed by atoms with E-state index in [1.807, 2.05) is 0 Å². The number of aliphatic hydroxyl groups excluding tert-OH is 1. The number of aromatic hydroxyl groups is 2. The summed E-state index contributed by atoms with van der Waals surface area (Å²) in [6.45, 7) is 3.57. The standard InChI is InChI=1S/C45H66N6O11/c1-6-7-8-9-10-11-12-13-14-15-16-17-18-19-37(55)50(4)34(27-52)43(59)47-28(2)41(57)46-26-38(56)51(5)40-31-21-23-36(54)33(25-31)32-24-30(20-22-35(32)53)39(45(61)62)49-42(58)29(3)48-44(40)60/h20-25,28-29,34,39-40,52-54H,6-19,26-27H2,1-5H3,(H,46,57)(H,47,59)(H,48,60)(H,49,58)(H,61,62)/t28-,29+,34-,39+,40+/m1/s1. The van der Waals surface area contributed by atoms with E-state index in [0.29, 0.717) is 6.42 Å². The number of aliphatic hydroxyl groups is 1. The predicted octanol–water partition coefficient (Wildman–Crippen LogP) is 3.95. The van der Waals surface area contributed by atoms with Gasteiger partial charge >= 0.3 is 5.97 Å². The van der Waals surface area contributed by atoms with Gasteiger partial charge in [-0.3, -0.25) is 28.8 Å². The van der Waals surface area contributed by atoms with Crippen molar-refractivity contribution in [2.24, 2.45) is 0 Å². The number of hydrogen-bond acceptors (Lipinski definition) is 10. The highest BCUT2D eigenvalue weighted by Crippen LogP contribution is 2.39. The molecule has 4 bridgehead atoms. The van der Waals surface area contributed by atoms with Crippen LogP contribution in [-0.2, 0) is 33.6 Å². The van der Waals surface area contributed by atoms with Crippen molar-refractivity contribution in [1.29, 1.82) is 0 Å². The predicted molar refractivity (Wildman–Crippen MR) is 231 cm³/mol. The molecule has 17 heteroatoms. The lowest BCUT2D eigenvalue weighted by atomic mass is 9.94. The van der Waals surface area contributed by atoms with Crippen LogP contribution in [0.4, 0.5) is 0 Å². The Morgan fingerprint density at radius 1 is 0.726 bits per heavy atom. The fraction of sp³-hybridized carbons (Fsp3) is 0.578. The molecule has 342 valence electrons. The van der Waals surface area contributed by atoms with E-state index in [9.17, 15) is 54.0 Å². The average molecular weight is 867 g/mol. The van der Waals surface area contributed by atoms with Crippen molar-refractivity contribution in [3.8, 4) is 22.6 Å². The summed E-state index contributed by atoms with van der Waals surface area (Å²) in [4.78, 5) is 93.9. The summed E-state index contributed by atoms with van der Waals surface area (Å²) in [7, 11) is 2.69. The van der Waals surface area contributed by atoms with Crippen LogP contribution in [0.3, 0.4) is 0 Å². The lowest BCUT2D eigenvalue weighted by Crippen LogP contribution is -2.55. The van der Waals surface area contributed by atoms with Gasteiger partial charge in [0, 0.05) is 31.6 Å². The molecule has 2 aromatic rings. The first-order valence-corrected chi connectivity index (χ1v) is 21.7. The van der Waals surface area contributed by atoms with Gasteiger partial charge in [-0.25, -0.2) is 4.79 Å². The Morgan fingerprint density at radius 2 is 1.24 bits per heavy atom. The molecule has 6 amide bonds. The Morgan fingerprint density at radius 3 is 1.77 bits per heavy atom. The molecule has 17 nitrogen and oxygen atoms in total. The van der Waals surface area contributed by atoms with Crippen LogP contribution in [0.1, 0.15) is 134 Å². The first kappa shape index (κ1) is 50.6. The highest BCUT2D eigenvalue weighted by atomic mass is 16.4. The number of carboxylic acids is 1. The summed E-state index contributed by atoms with van der Waals surface area (Å²) in [6, 6.07) is 0.905. The molecule has 2 aromatic carbocycles. The minimum atomic E-state index is -1.58. The Hall–Kier alpha value is -5.71. The molecule has 5 atom stereocenters. The number of hydrogen-bond donors (Lipinski definition) is 8. The fourth-order valence-corrected chi connectivity index (χ4v) is 7.34. The van der Waals surface area contributed by atoms with Gasteiger partial charge in [0.05, 0.1) is 13.2 Å². The van der Waals surface area contributed by atoms with Gasteiger partial charge in [-0.1, -0.05) is 96.1 Å². The van der Waals surface area contributed by atoms with Crippen molar-refractivity contribution in [2.45, 2.75) is 141 Å². The number of rotatable bonds is 23. The Balaban J connectivity index is 1.59. The van der Waals surface area contributed by atoms with Crippen molar-refractivity contribution < 1.29 is 54.0 Å². The number of nitrogens with one attached hydrogen (secondary N) is 4. The molecule has 0 aromatic heterocycles. The van der Waals surface area contributed by atoms with Gasteiger partial charge in [-0.05, 0) is 55.7 Å². The van der Waals surface area contributed by atoms with Crippen LogP contribution < -0.4 is 21.3 Å². The molecule has 62 heavy (non-hydrogen) atoms. The van der Waals surface area contributed by atoms with Crippen LogP contribution in [0.15, 0.2) is 36.4 Å². The van der Waals surface area contributed by atoms with Crippen LogP contribution in [0.5, 0.6) is 11.5 Å². The molecule has 0 saturated heterocycles. The SMILES string of the molecule is CCCCCCCCCCCCCCCC(=O)N(C)[C@H](CO)C(=O)N[C@H](C)C(=O)NCC(=O)N(C)[C@@H]1C(=O)N[C@@H](C)C(=O)N[C@H](C(=O)O)c2ccc(O)c(c2)-c2cc1ccc2O. The summed E-state index contributed by atoms with van der Waals surface area (Å²) in [6.07, 6.45) is 15.3. The summed E-state index contributed by atoms with van der Waals surface area (Å²) in [5.41, 5.74) is 0.181.